The minimum atomic E-state index is -0.331. The first-order chi connectivity index (χ1) is 6.82. The van der Waals surface area contributed by atoms with Gasteiger partial charge in [0.1, 0.15) is 0 Å². The molecular formula is C11H22N4. The molecule has 0 aliphatic carbocycles. The molecule has 0 aromatic carbocycles. The van der Waals surface area contributed by atoms with Crippen molar-refractivity contribution in [1.82, 2.24) is 14.5 Å². The highest BCUT2D eigenvalue weighted by molar-refractivity contribution is 5.10. The van der Waals surface area contributed by atoms with Gasteiger partial charge in [-0.1, -0.05) is 0 Å². The van der Waals surface area contributed by atoms with E-state index in [4.69, 9.17) is 5.73 Å². The van der Waals surface area contributed by atoms with Crippen molar-refractivity contribution in [3.8, 4) is 0 Å². The molecule has 2 N–H and O–H groups in total. The van der Waals surface area contributed by atoms with Crippen LogP contribution in [0.1, 0.15) is 26.5 Å². The van der Waals surface area contributed by atoms with Crippen LogP contribution in [0.5, 0.6) is 0 Å². The lowest BCUT2D eigenvalue weighted by Gasteiger charge is -2.25. The summed E-state index contributed by atoms with van der Waals surface area (Å²) >= 11 is 0. The standard InChI is InChI=1S/C11H22N4/c1-9(14(4)5)7-15-8-13-6-10(15)11(2,3)12/h6,8-9H,7,12H2,1-5H3. The van der Waals surface area contributed by atoms with Crippen molar-refractivity contribution in [2.45, 2.75) is 38.9 Å². The third-order valence-corrected chi connectivity index (χ3v) is 2.71. The molecule has 0 bridgehead atoms. The van der Waals surface area contributed by atoms with E-state index in [1.807, 2.05) is 26.4 Å². The lowest BCUT2D eigenvalue weighted by atomic mass is 10.0. The predicted molar refractivity (Wildman–Crippen MR) is 62.6 cm³/mol. The van der Waals surface area contributed by atoms with Crippen LogP contribution in [0.15, 0.2) is 12.5 Å². The highest BCUT2D eigenvalue weighted by Gasteiger charge is 2.20. The van der Waals surface area contributed by atoms with E-state index in [-0.39, 0.29) is 5.54 Å². The SMILES string of the molecule is CC(Cn1cncc1C(C)(C)N)N(C)C. The summed E-state index contributed by atoms with van der Waals surface area (Å²) in [6.07, 6.45) is 3.70. The minimum Gasteiger partial charge on any atom is -0.331 e. The van der Waals surface area contributed by atoms with Crippen molar-refractivity contribution in [2.75, 3.05) is 14.1 Å². The molecule has 1 aromatic rings. The molecule has 0 amide bonds. The number of nitrogens with two attached hydrogens (primary N) is 1. The summed E-state index contributed by atoms with van der Waals surface area (Å²) in [5, 5.41) is 0. The summed E-state index contributed by atoms with van der Waals surface area (Å²) in [5.74, 6) is 0. The fraction of sp³-hybridized carbons (Fsp3) is 0.727. The van der Waals surface area contributed by atoms with Crippen LogP contribution in [0, 0.1) is 0 Å². The number of likely N-dealkylation sites (N-methyl/N-ethyl adjacent to an activating group) is 1. The number of nitrogens with zero attached hydrogens (tertiary/aromatic N) is 3. The summed E-state index contributed by atoms with van der Waals surface area (Å²) < 4.78 is 2.13. The van der Waals surface area contributed by atoms with Gasteiger partial charge in [-0.05, 0) is 34.9 Å². The maximum Gasteiger partial charge on any atom is 0.0949 e. The van der Waals surface area contributed by atoms with Crippen molar-refractivity contribution in [2.24, 2.45) is 5.73 Å². The molecule has 0 aliphatic heterocycles. The molecule has 15 heavy (non-hydrogen) atoms. The Morgan fingerprint density at radius 3 is 2.60 bits per heavy atom. The van der Waals surface area contributed by atoms with Crippen LogP contribution in [-0.4, -0.2) is 34.6 Å². The predicted octanol–water partition coefficient (Wildman–Crippen LogP) is 1.03. The number of rotatable bonds is 4. The van der Waals surface area contributed by atoms with E-state index >= 15 is 0 Å². The molecule has 4 nitrogen and oxygen atoms in total. The van der Waals surface area contributed by atoms with Crippen molar-refractivity contribution >= 4 is 0 Å². The first-order valence-electron chi connectivity index (χ1n) is 5.28. The normalized spacial score (nSPS) is 14.6. The second-order valence-corrected chi connectivity index (χ2v) is 4.97. The molecule has 1 aromatic heterocycles. The average molecular weight is 210 g/mol. The second-order valence-electron chi connectivity index (χ2n) is 4.97. The van der Waals surface area contributed by atoms with Crippen LogP contribution in [0.25, 0.3) is 0 Å². The lowest BCUT2D eigenvalue weighted by Crippen LogP contribution is -2.35. The Morgan fingerprint density at radius 2 is 2.13 bits per heavy atom. The molecular weight excluding hydrogens is 188 g/mol. The number of hydrogen-bond donors (Lipinski definition) is 1. The van der Waals surface area contributed by atoms with Gasteiger partial charge in [0.2, 0.25) is 0 Å². The molecule has 4 heteroatoms. The molecule has 0 fully saturated rings. The summed E-state index contributed by atoms with van der Waals surface area (Å²) in [5.41, 5.74) is 6.83. The third-order valence-electron chi connectivity index (χ3n) is 2.71. The van der Waals surface area contributed by atoms with Gasteiger partial charge in [0.05, 0.1) is 17.6 Å². The van der Waals surface area contributed by atoms with Gasteiger partial charge in [-0.2, -0.15) is 0 Å². The van der Waals surface area contributed by atoms with Gasteiger partial charge in [-0.3, -0.25) is 0 Å². The summed E-state index contributed by atoms with van der Waals surface area (Å²) in [4.78, 5) is 6.35. The second kappa shape index (κ2) is 4.33. The van der Waals surface area contributed by atoms with Crippen LogP contribution in [0.4, 0.5) is 0 Å². The Morgan fingerprint density at radius 1 is 1.53 bits per heavy atom. The van der Waals surface area contributed by atoms with E-state index < -0.39 is 0 Å². The van der Waals surface area contributed by atoms with E-state index in [9.17, 15) is 0 Å². The molecule has 86 valence electrons. The first-order valence-corrected chi connectivity index (χ1v) is 5.28. The van der Waals surface area contributed by atoms with E-state index in [1.165, 1.54) is 0 Å². The van der Waals surface area contributed by atoms with E-state index in [0.29, 0.717) is 6.04 Å². The number of imidazole rings is 1. The van der Waals surface area contributed by atoms with Crippen molar-refractivity contribution in [3.63, 3.8) is 0 Å². The lowest BCUT2D eigenvalue weighted by molar-refractivity contribution is 0.278. The van der Waals surface area contributed by atoms with Gasteiger partial charge in [0, 0.05) is 18.8 Å². The van der Waals surface area contributed by atoms with Gasteiger partial charge in [0.25, 0.3) is 0 Å². The van der Waals surface area contributed by atoms with Crippen molar-refractivity contribution in [3.05, 3.63) is 18.2 Å². The largest absolute Gasteiger partial charge is 0.331 e. The zero-order valence-electron chi connectivity index (χ0n) is 10.4. The zero-order chi connectivity index (χ0) is 11.6. The monoisotopic (exact) mass is 210 g/mol. The topological polar surface area (TPSA) is 47.1 Å². The van der Waals surface area contributed by atoms with Crippen LogP contribution < -0.4 is 5.73 Å². The molecule has 1 rings (SSSR count). The fourth-order valence-electron chi connectivity index (χ4n) is 1.45. The number of aromatic nitrogens is 2. The van der Waals surface area contributed by atoms with Gasteiger partial charge in [-0.15, -0.1) is 0 Å². The Balaban J connectivity index is 2.83. The minimum absolute atomic E-state index is 0.331. The van der Waals surface area contributed by atoms with Gasteiger partial charge in [-0.25, -0.2) is 4.98 Å². The highest BCUT2D eigenvalue weighted by Crippen LogP contribution is 2.16. The van der Waals surface area contributed by atoms with Crippen LogP contribution >= 0.6 is 0 Å². The smallest absolute Gasteiger partial charge is 0.0949 e. The molecule has 0 saturated heterocycles. The van der Waals surface area contributed by atoms with E-state index in [2.05, 4.69) is 35.5 Å². The maximum absolute atomic E-state index is 6.08. The van der Waals surface area contributed by atoms with E-state index in [1.54, 1.807) is 0 Å². The van der Waals surface area contributed by atoms with E-state index in [0.717, 1.165) is 12.2 Å². The quantitative estimate of drug-likeness (QED) is 0.807. The van der Waals surface area contributed by atoms with Crippen LogP contribution in [-0.2, 0) is 12.1 Å². The van der Waals surface area contributed by atoms with Crippen LogP contribution in [0.3, 0.4) is 0 Å². The highest BCUT2D eigenvalue weighted by atomic mass is 15.2. The fourth-order valence-corrected chi connectivity index (χ4v) is 1.45. The first kappa shape index (κ1) is 12.2. The maximum atomic E-state index is 6.08. The summed E-state index contributed by atoms with van der Waals surface area (Å²) in [6, 6.07) is 0.472. The molecule has 0 saturated carbocycles. The molecule has 0 spiro atoms. The Kier molecular flexibility index (Phi) is 3.52. The molecule has 1 heterocycles. The average Bonchev–Trinajstić information content (AvgIpc) is 2.50. The molecule has 0 aliphatic rings. The van der Waals surface area contributed by atoms with Gasteiger partial charge in [0.15, 0.2) is 0 Å². The molecule has 1 unspecified atom stereocenters. The summed E-state index contributed by atoms with van der Waals surface area (Å²) in [6.45, 7) is 7.11. The zero-order valence-corrected chi connectivity index (χ0v) is 10.4. The Bertz CT molecular complexity index is 309. The Hall–Kier alpha value is -0.870. The van der Waals surface area contributed by atoms with Crippen LogP contribution in [0.2, 0.25) is 0 Å². The molecule has 0 radical (unpaired) electrons. The summed E-state index contributed by atoms with van der Waals surface area (Å²) in [7, 11) is 4.16. The third kappa shape index (κ3) is 3.04. The Labute approximate surface area is 92.1 Å². The van der Waals surface area contributed by atoms with Gasteiger partial charge >= 0.3 is 0 Å². The number of hydrogen-bond acceptors (Lipinski definition) is 3. The van der Waals surface area contributed by atoms with Gasteiger partial charge < -0.3 is 15.2 Å². The molecule has 1 atom stereocenters. The van der Waals surface area contributed by atoms with Crippen molar-refractivity contribution in [1.29, 1.82) is 0 Å². The van der Waals surface area contributed by atoms with Crippen molar-refractivity contribution < 1.29 is 0 Å².